The van der Waals surface area contributed by atoms with Crippen LogP contribution in [0.5, 0.6) is 5.75 Å². The number of hydrogen-bond donors (Lipinski definition) is 1. The van der Waals surface area contributed by atoms with E-state index in [0.717, 1.165) is 44.9 Å². The minimum atomic E-state index is -0.330. The fourth-order valence-corrected chi connectivity index (χ4v) is 3.82. The maximum absolute atomic E-state index is 10.6. The zero-order valence-electron chi connectivity index (χ0n) is 17.4. The lowest BCUT2D eigenvalue weighted by Crippen LogP contribution is -2.50. The van der Waals surface area contributed by atoms with Gasteiger partial charge in [-0.1, -0.05) is 55.5 Å². The maximum atomic E-state index is 10.6. The lowest BCUT2D eigenvalue weighted by molar-refractivity contribution is 0.0138. The molecule has 0 aromatic heterocycles. The first kappa shape index (κ1) is 25.7. The van der Waals surface area contributed by atoms with Crippen molar-refractivity contribution >= 4 is 24.8 Å². The molecular formula is C23H34Cl2N2O2. The summed E-state index contributed by atoms with van der Waals surface area (Å²) in [5, 5.41) is 10.6. The highest BCUT2D eigenvalue weighted by atomic mass is 35.5. The molecule has 1 saturated heterocycles. The average molecular weight is 441 g/mol. The quantitative estimate of drug-likeness (QED) is 0.661. The number of hydrogen-bond acceptors (Lipinski definition) is 4. The minimum absolute atomic E-state index is 0. The van der Waals surface area contributed by atoms with E-state index < -0.39 is 0 Å². The van der Waals surface area contributed by atoms with Gasteiger partial charge in [-0.25, -0.2) is 0 Å². The number of nitrogens with zero attached hydrogens (tertiary/aromatic N) is 2. The van der Waals surface area contributed by atoms with Crippen molar-refractivity contribution in [3.8, 4) is 5.75 Å². The van der Waals surface area contributed by atoms with E-state index in [1.807, 2.05) is 24.3 Å². The molecule has 2 aromatic rings. The Morgan fingerprint density at radius 3 is 2.17 bits per heavy atom. The molecule has 1 aliphatic rings. The topological polar surface area (TPSA) is 35.9 Å². The lowest BCUT2D eigenvalue weighted by Gasteiger charge is -2.41. The molecule has 1 aliphatic heterocycles. The van der Waals surface area contributed by atoms with Crippen LogP contribution in [0, 0.1) is 6.92 Å². The van der Waals surface area contributed by atoms with Crippen molar-refractivity contribution in [1.82, 2.24) is 9.80 Å². The number of aliphatic hydroxyl groups is 1. The average Bonchev–Trinajstić information content (AvgIpc) is 2.71. The third-order valence-electron chi connectivity index (χ3n) is 5.48. The van der Waals surface area contributed by atoms with Crippen molar-refractivity contribution in [2.45, 2.75) is 32.4 Å². The second kappa shape index (κ2) is 13.1. The summed E-state index contributed by atoms with van der Waals surface area (Å²) in [6.45, 7) is 9.76. The second-order valence-corrected chi connectivity index (χ2v) is 7.32. The Morgan fingerprint density at radius 1 is 0.931 bits per heavy atom. The van der Waals surface area contributed by atoms with Crippen molar-refractivity contribution < 1.29 is 9.84 Å². The van der Waals surface area contributed by atoms with Crippen molar-refractivity contribution in [3.05, 3.63) is 65.7 Å². The Hall–Kier alpha value is -1.30. The summed E-state index contributed by atoms with van der Waals surface area (Å²) in [5.41, 5.74) is 2.39. The zero-order chi connectivity index (χ0) is 19.1. The second-order valence-electron chi connectivity index (χ2n) is 7.32. The van der Waals surface area contributed by atoms with E-state index in [4.69, 9.17) is 4.74 Å². The van der Waals surface area contributed by atoms with Crippen LogP contribution >= 0.6 is 24.8 Å². The number of halogens is 2. The monoisotopic (exact) mass is 440 g/mol. The third kappa shape index (κ3) is 7.16. The van der Waals surface area contributed by atoms with Crippen molar-refractivity contribution in [2.75, 3.05) is 39.3 Å². The van der Waals surface area contributed by atoms with Gasteiger partial charge in [0, 0.05) is 32.7 Å². The SMILES string of the molecule is CCC(O)C(c1ccccc1)N1CCN(CCOc2ccccc2C)CC1.Cl.Cl. The van der Waals surface area contributed by atoms with Crippen LogP contribution in [0.25, 0.3) is 0 Å². The van der Waals surface area contributed by atoms with Crippen molar-refractivity contribution in [2.24, 2.45) is 0 Å². The van der Waals surface area contributed by atoms with Crippen LogP contribution in [0.3, 0.4) is 0 Å². The molecule has 1 fully saturated rings. The molecule has 0 saturated carbocycles. The van der Waals surface area contributed by atoms with Gasteiger partial charge in [-0.3, -0.25) is 9.80 Å². The molecule has 29 heavy (non-hydrogen) atoms. The highest BCUT2D eigenvalue weighted by molar-refractivity contribution is 5.85. The molecule has 2 atom stereocenters. The van der Waals surface area contributed by atoms with E-state index >= 15 is 0 Å². The Labute approximate surface area is 187 Å². The molecule has 0 bridgehead atoms. The van der Waals surface area contributed by atoms with Gasteiger partial charge >= 0.3 is 0 Å². The largest absolute Gasteiger partial charge is 0.492 e. The van der Waals surface area contributed by atoms with Crippen LogP contribution in [-0.2, 0) is 0 Å². The lowest BCUT2D eigenvalue weighted by atomic mass is 9.97. The highest BCUT2D eigenvalue weighted by Gasteiger charge is 2.29. The van der Waals surface area contributed by atoms with Crippen LogP contribution in [0.1, 0.15) is 30.5 Å². The molecule has 0 aliphatic carbocycles. The molecule has 0 radical (unpaired) electrons. The predicted molar refractivity (Wildman–Crippen MR) is 125 cm³/mol. The fraction of sp³-hybridized carbons (Fsp3) is 0.478. The zero-order valence-corrected chi connectivity index (χ0v) is 19.0. The molecule has 4 nitrogen and oxygen atoms in total. The predicted octanol–water partition coefficient (Wildman–Crippen LogP) is 4.35. The van der Waals surface area contributed by atoms with Crippen LogP contribution < -0.4 is 4.74 Å². The van der Waals surface area contributed by atoms with Crippen LogP contribution in [0.2, 0.25) is 0 Å². The first-order valence-corrected chi connectivity index (χ1v) is 10.1. The van der Waals surface area contributed by atoms with Gasteiger partial charge in [-0.05, 0) is 30.5 Å². The first-order valence-electron chi connectivity index (χ1n) is 10.1. The van der Waals surface area contributed by atoms with Gasteiger partial charge in [0.15, 0.2) is 0 Å². The summed E-state index contributed by atoms with van der Waals surface area (Å²) >= 11 is 0. The van der Waals surface area contributed by atoms with Gasteiger partial charge in [-0.2, -0.15) is 0 Å². The highest BCUT2D eigenvalue weighted by Crippen LogP contribution is 2.27. The Balaban J connectivity index is 0.00000210. The van der Waals surface area contributed by atoms with E-state index in [9.17, 15) is 5.11 Å². The molecule has 2 unspecified atom stereocenters. The molecule has 3 rings (SSSR count). The standard InChI is InChI=1S/C23H32N2O2.2ClH/c1-3-21(26)23(20-10-5-4-6-11-20)25-15-13-24(14-16-25)17-18-27-22-12-8-7-9-19(22)2;;/h4-12,21,23,26H,3,13-18H2,1-2H3;2*1H. The van der Waals surface area contributed by atoms with E-state index in [1.54, 1.807) is 0 Å². The van der Waals surface area contributed by atoms with E-state index in [2.05, 4.69) is 54.0 Å². The van der Waals surface area contributed by atoms with E-state index in [1.165, 1.54) is 11.1 Å². The van der Waals surface area contributed by atoms with E-state index in [-0.39, 0.29) is 37.0 Å². The number of aliphatic hydroxyl groups excluding tert-OH is 1. The summed E-state index contributed by atoms with van der Waals surface area (Å²) in [4.78, 5) is 4.89. The summed E-state index contributed by atoms with van der Waals surface area (Å²) in [5.74, 6) is 0.978. The van der Waals surface area contributed by atoms with Crippen molar-refractivity contribution in [1.29, 1.82) is 0 Å². The Morgan fingerprint density at radius 2 is 1.55 bits per heavy atom. The summed E-state index contributed by atoms with van der Waals surface area (Å²) in [6, 6.07) is 18.7. The van der Waals surface area contributed by atoms with E-state index in [0.29, 0.717) is 6.61 Å². The van der Waals surface area contributed by atoms with Crippen LogP contribution in [0.4, 0.5) is 0 Å². The molecule has 0 amide bonds. The normalized spacial score (nSPS) is 16.9. The van der Waals surface area contributed by atoms with Gasteiger partial charge in [0.1, 0.15) is 12.4 Å². The Kier molecular flexibility index (Phi) is 11.6. The summed E-state index contributed by atoms with van der Waals surface area (Å²) in [7, 11) is 0. The number of para-hydroxylation sites is 1. The number of rotatable bonds is 8. The number of ether oxygens (including phenoxy) is 1. The molecular weight excluding hydrogens is 407 g/mol. The third-order valence-corrected chi connectivity index (χ3v) is 5.48. The number of benzene rings is 2. The molecule has 2 aromatic carbocycles. The van der Waals surface area contributed by atoms with Gasteiger partial charge in [0.25, 0.3) is 0 Å². The molecule has 0 spiro atoms. The Bertz CT molecular complexity index is 694. The van der Waals surface area contributed by atoms with Crippen molar-refractivity contribution in [3.63, 3.8) is 0 Å². The van der Waals surface area contributed by atoms with Gasteiger partial charge in [0.05, 0.1) is 12.1 Å². The fourth-order valence-electron chi connectivity index (χ4n) is 3.82. The minimum Gasteiger partial charge on any atom is -0.492 e. The molecule has 1 heterocycles. The molecule has 6 heteroatoms. The summed E-state index contributed by atoms with van der Waals surface area (Å²) < 4.78 is 5.94. The van der Waals surface area contributed by atoms with Gasteiger partial charge in [-0.15, -0.1) is 24.8 Å². The number of aryl methyl sites for hydroxylation is 1. The van der Waals surface area contributed by atoms with Crippen LogP contribution in [0.15, 0.2) is 54.6 Å². The first-order chi connectivity index (χ1) is 13.2. The van der Waals surface area contributed by atoms with Crippen LogP contribution in [-0.4, -0.2) is 60.3 Å². The summed E-state index contributed by atoms with van der Waals surface area (Å²) in [6.07, 6.45) is 0.438. The van der Waals surface area contributed by atoms with Gasteiger partial charge < -0.3 is 9.84 Å². The smallest absolute Gasteiger partial charge is 0.122 e. The molecule has 162 valence electrons. The maximum Gasteiger partial charge on any atom is 0.122 e. The molecule has 1 N–H and O–H groups in total. The van der Waals surface area contributed by atoms with Gasteiger partial charge in [0.2, 0.25) is 0 Å². The number of piperazine rings is 1.